The Hall–Kier alpha value is -1.30. The number of ether oxygens (including phenoxy) is 1. The predicted molar refractivity (Wildman–Crippen MR) is 182 cm³/mol. The van der Waals surface area contributed by atoms with Gasteiger partial charge in [-0.15, -0.1) is 12.4 Å². The molecule has 2 fully saturated rings. The van der Waals surface area contributed by atoms with Crippen LogP contribution in [0.2, 0.25) is 0 Å². The van der Waals surface area contributed by atoms with E-state index in [-0.39, 0.29) is 29.7 Å². The van der Waals surface area contributed by atoms with E-state index in [1.807, 2.05) is 12.1 Å². The van der Waals surface area contributed by atoms with Crippen molar-refractivity contribution in [3.05, 3.63) is 29.3 Å². The maximum atomic E-state index is 13.0. The van der Waals surface area contributed by atoms with Crippen LogP contribution in [-0.4, -0.2) is 50.5 Å². The molecule has 1 aromatic carbocycles. The van der Waals surface area contributed by atoms with Gasteiger partial charge in [-0.25, -0.2) is 4.79 Å². The number of halogens is 6. The van der Waals surface area contributed by atoms with Crippen LogP contribution >= 0.6 is 12.4 Å². The van der Waals surface area contributed by atoms with Crippen molar-refractivity contribution < 1.29 is 40.8 Å². The number of carbonyl (C=O) groups is 1. The number of hydrogen-bond donors (Lipinski definition) is 2. The number of esters is 1. The molecule has 4 rings (SSSR count). The molecule has 0 aliphatic heterocycles. The van der Waals surface area contributed by atoms with Crippen LogP contribution in [0.1, 0.15) is 128 Å². The van der Waals surface area contributed by atoms with Crippen molar-refractivity contribution in [3.8, 4) is 5.75 Å². The third kappa shape index (κ3) is 9.93. The summed E-state index contributed by atoms with van der Waals surface area (Å²) in [4.78, 5) is 12.5. The second-order valence-electron chi connectivity index (χ2n) is 15.3. The van der Waals surface area contributed by atoms with Crippen molar-refractivity contribution in [2.45, 2.75) is 147 Å². The highest BCUT2D eigenvalue weighted by atomic mass is 35.5. The number of aliphatic hydroxyl groups excluding tert-OH is 1. The number of benzene rings is 1. The molecule has 1 aromatic rings. The fourth-order valence-corrected chi connectivity index (χ4v) is 9.77. The van der Waals surface area contributed by atoms with Crippen LogP contribution < -0.4 is 10.5 Å². The molecule has 0 aromatic heterocycles. The molecule has 0 heterocycles. The lowest BCUT2D eigenvalue weighted by Crippen LogP contribution is -2.47. The van der Waals surface area contributed by atoms with Crippen molar-refractivity contribution >= 4 is 29.2 Å². The van der Waals surface area contributed by atoms with Crippen LogP contribution in [0.15, 0.2) is 18.2 Å². The molecule has 48 heavy (non-hydrogen) atoms. The zero-order chi connectivity index (χ0) is 34.6. The monoisotopic (exact) mass is 727 g/mol. The largest absolute Gasteiger partial charge is 0.453 e. The Morgan fingerprint density at radius 1 is 0.979 bits per heavy atom. The van der Waals surface area contributed by atoms with Gasteiger partial charge in [-0.1, -0.05) is 51.5 Å². The van der Waals surface area contributed by atoms with E-state index in [2.05, 4.69) is 13.0 Å². The van der Waals surface area contributed by atoms with E-state index in [1.165, 1.54) is 11.1 Å². The first-order chi connectivity index (χ1) is 21.9. The van der Waals surface area contributed by atoms with E-state index in [0.29, 0.717) is 41.6 Å². The summed E-state index contributed by atoms with van der Waals surface area (Å²) in [5.41, 5.74) is 7.46. The van der Waals surface area contributed by atoms with Gasteiger partial charge in [0.05, 0.1) is 6.10 Å². The van der Waals surface area contributed by atoms with E-state index in [1.54, 1.807) is 13.8 Å². The number of alkyl halides is 5. The van der Waals surface area contributed by atoms with Gasteiger partial charge in [0.15, 0.2) is 0 Å². The Bertz CT molecular complexity index is 1240. The average Bonchev–Trinajstić information content (AvgIpc) is 3.28. The number of rotatable bonds is 16. The maximum absolute atomic E-state index is 13.0. The Labute approximate surface area is 291 Å². The van der Waals surface area contributed by atoms with Crippen LogP contribution in [0.3, 0.4) is 0 Å². The summed E-state index contributed by atoms with van der Waals surface area (Å²) in [6, 6.07) is 6.07. The smallest absolute Gasteiger partial charge is 0.425 e. The lowest BCUT2D eigenvalue weighted by atomic mass is 9.52. The maximum Gasteiger partial charge on any atom is 0.453 e. The number of fused-ring (bicyclic) bond motifs is 5. The SMILES string of the molecule is CC(C)(N)C(=O)Oc1ccc2c(c1)C[C@@H](CCCCCCCCCS(=O)CCCC(F)(F)C(F)(F)F)[C@@H]1[C@@H]2CC[C@]2(C)[C@@H](O)CC[C@@H]12.Cl. The minimum Gasteiger partial charge on any atom is -0.425 e. The predicted octanol–water partition coefficient (Wildman–Crippen LogP) is 9.04. The van der Waals surface area contributed by atoms with E-state index < -0.39 is 47.2 Å². The van der Waals surface area contributed by atoms with E-state index >= 15 is 0 Å². The Balaban J connectivity index is 0.00000625. The molecule has 0 radical (unpaired) electrons. The Kier molecular flexibility index (Phi) is 14.4. The van der Waals surface area contributed by atoms with Crippen molar-refractivity contribution in [1.29, 1.82) is 0 Å². The number of aliphatic hydroxyl groups is 1. The lowest BCUT2D eigenvalue weighted by molar-refractivity contribution is -0.284. The fourth-order valence-electron chi connectivity index (χ4n) is 8.58. The second-order valence-corrected chi connectivity index (χ2v) is 17.0. The molecule has 3 N–H and O–H groups in total. The van der Waals surface area contributed by atoms with Crippen molar-refractivity contribution in [2.24, 2.45) is 28.9 Å². The summed E-state index contributed by atoms with van der Waals surface area (Å²) in [6.07, 6.45) is 5.39. The van der Waals surface area contributed by atoms with Gasteiger partial charge in [0, 0.05) is 28.7 Å². The number of hydrogen-bond acceptors (Lipinski definition) is 5. The standard InChI is InChI=1S/C36H54F5NO4S.ClH/c1-33(2,42)32(44)46-26-13-14-27-25(23-26)22-24(31-28(27)17-19-34(3)29(31)15-16-30(34)43)12-9-7-5-4-6-8-10-20-47(45)21-11-18-35(37,38)36(39,40)41;/h13-14,23-24,28-31,43H,4-12,15-22,42H2,1-3H3;1H/t24-,28-,29+,30+,31-,34+,47?;/m1./s1. The number of unbranched alkanes of at least 4 members (excludes halogenated alkanes) is 6. The minimum absolute atomic E-state index is 0. The van der Waals surface area contributed by atoms with Gasteiger partial charge >= 0.3 is 18.1 Å². The third-order valence-electron chi connectivity index (χ3n) is 11.3. The highest BCUT2D eigenvalue weighted by Gasteiger charge is 2.57. The van der Waals surface area contributed by atoms with E-state index in [0.717, 1.165) is 77.0 Å². The summed E-state index contributed by atoms with van der Waals surface area (Å²) in [6.45, 7) is 5.56. The molecule has 0 saturated heterocycles. The first kappa shape index (κ1) is 41.1. The van der Waals surface area contributed by atoms with Crippen molar-refractivity contribution in [2.75, 3.05) is 11.5 Å². The molecule has 12 heteroatoms. The molecule has 5 nitrogen and oxygen atoms in total. The van der Waals surface area contributed by atoms with Crippen molar-refractivity contribution in [3.63, 3.8) is 0 Å². The number of nitrogens with two attached hydrogens (primary N) is 1. The quantitative estimate of drug-likeness (QED) is 0.0768. The minimum atomic E-state index is -5.56. The van der Waals surface area contributed by atoms with Crippen LogP contribution in [0.5, 0.6) is 5.75 Å². The average molecular weight is 728 g/mol. The normalized spacial score (nSPS) is 27.8. The highest BCUT2D eigenvalue weighted by Crippen LogP contribution is 2.62. The molecule has 3 aliphatic carbocycles. The van der Waals surface area contributed by atoms with Crippen LogP contribution in [0.4, 0.5) is 22.0 Å². The summed E-state index contributed by atoms with van der Waals surface area (Å²) in [5, 5.41) is 11.0. The molecule has 7 atom stereocenters. The molecular formula is C36H55ClF5NO4S. The fraction of sp³-hybridized carbons (Fsp3) is 0.806. The van der Waals surface area contributed by atoms with Crippen LogP contribution in [-0.2, 0) is 22.0 Å². The first-order valence-electron chi connectivity index (χ1n) is 17.6. The lowest BCUT2D eigenvalue weighted by Gasteiger charge is -2.53. The summed E-state index contributed by atoms with van der Waals surface area (Å²) < 4.78 is 80.5. The van der Waals surface area contributed by atoms with Gasteiger partial charge in [0.2, 0.25) is 0 Å². The molecule has 276 valence electrons. The van der Waals surface area contributed by atoms with Gasteiger partial charge < -0.3 is 15.6 Å². The molecule has 3 aliphatic rings. The second kappa shape index (κ2) is 16.8. The Morgan fingerprint density at radius 3 is 2.25 bits per heavy atom. The highest BCUT2D eigenvalue weighted by molar-refractivity contribution is 7.84. The van der Waals surface area contributed by atoms with Crippen LogP contribution in [0.25, 0.3) is 0 Å². The van der Waals surface area contributed by atoms with Gasteiger partial charge in [-0.3, -0.25) is 4.21 Å². The molecular weight excluding hydrogens is 673 g/mol. The molecule has 1 unspecified atom stereocenters. The number of carbonyl (C=O) groups excluding carboxylic acids is 1. The molecule has 0 spiro atoms. The third-order valence-corrected chi connectivity index (χ3v) is 12.8. The summed E-state index contributed by atoms with van der Waals surface area (Å²) >= 11 is 0. The van der Waals surface area contributed by atoms with E-state index in [9.17, 15) is 36.1 Å². The zero-order valence-corrected chi connectivity index (χ0v) is 30.2. The van der Waals surface area contributed by atoms with Gasteiger partial charge in [0.1, 0.15) is 11.3 Å². The zero-order valence-electron chi connectivity index (χ0n) is 28.6. The van der Waals surface area contributed by atoms with Gasteiger partial charge in [-0.05, 0) is 118 Å². The first-order valence-corrected chi connectivity index (χ1v) is 19.0. The van der Waals surface area contributed by atoms with Gasteiger partial charge in [0.25, 0.3) is 0 Å². The summed E-state index contributed by atoms with van der Waals surface area (Å²) in [7, 11) is -1.38. The van der Waals surface area contributed by atoms with E-state index in [4.69, 9.17) is 10.5 Å². The molecule has 2 saturated carbocycles. The summed E-state index contributed by atoms with van der Waals surface area (Å²) in [5.74, 6) is -2.49. The van der Waals surface area contributed by atoms with Crippen molar-refractivity contribution in [1.82, 2.24) is 0 Å². The topological polar surface area (TPSA) is 89.6 Å². The molecule has 0 amide bonds. The molecule has 0 bridgehead atoms. The van der Waals surface area contributed by atoms with Gasteiger partial charge in [-0.2, -0.15) is 22.0 Å². The van der Waals surface area contributed by atoms with Crippen LogP contribution in [0, 0.1) is 23.2 Å². The Morgan fingerprint density at radius 2 is 1.60 bits per heavy atom.